The van der Waals surface area contributed by atoms with Crippen molar-refractivity contribution < 1.29 is 17.9 Å². The molecule has 0 atom stereocenters. The van der Waals surface area contributed by atoms with Crippen molar-refractivity contribution in [2.45, 2.75) is 24.7 Å². The molecule has 6 nitrogen and oxygen atoms in total. The second-order valence-electron chi connectivity index (χ2n) is 6.44. The van der Waals surface area contributed by atoms with E-state index in [9.17, 15) is 8.42 Å². The molecule has 26 heavy (non-hydrogen) atoms. The van der Waals surface area contributed by atoms with Gasteiger partial charge in [-0.2, -0.15) is 4.31 Å². The fraction of sp³-hybridized carbons (Fsp3) is 0.421. The molecule has 140 valence electrons. The smallest absolute Gasteiger partial charge is 0.246 e. The normalized spacial score (nSPS) is 16.4. The maximum absolute atomic E-state index is 12.9. The maximum Gasteiger partial charge on any atom is 0.246 e. The Morgan fingerprint density at radius 1 is 1.19 bits per heavy atom. The predicted octanol–water partition coefficient (Wildman–Crippen LogP) is 2.88. The van der Waals surface area contributed by atoms with Crippen LogP contribution in [-0.2, 0) is 10.0 Å². The number of benzene rings is 1. The van der Waals surface area contributed by atoms with E-state index in [-0.39, 0.29) is 4.90 Å². The molecule has 1 aromatic carbocycles. The van der Waals surface area contributed by atoms with E-state index in [1.54, 1.807) is 30.5 Å². The molecule has 1 aliphatic rings. The highest BCUT2D eigenvalue weighted by Gasteiger charge is 2.31. The van der Waals surface area contributed by atoms with Crippen molar-refractivity contribution in [3.8, 4) is 11.5 Å². The highest BCUT2D eigenvalue weighted by Crippen LogP contribution is 2.29. The lowest BCUT2D eigenvalue weighted by atomic mass is 9.99. The highest BCUT2D eigenvalue weighted by molar-refractivity contribution is 7.89. The Morgan fingerprint density at radius 3 is 2.62 bits per heavy atom. The van der Waals surface area contributed by atoms with Gasteiger partial charge in [0.05, 0.1) is 13.7 Å². The summed E-state index contributed by atoms with van der Waals surface area (Å²) in [6, 6.07) is 10.5. The minimum atomic E-state index is -3.54. The van der Waals surface area contributed by atoms with Crippen LogP contribution in [0.5, 0.6) is 11.5 Å². The molecule has 0 saturated carbocycles. The largest absolute Gasteiger partial charge is 0.495 e. The van der Waals surface area contributed by atoms with Crippen molar-refractivity contribution in [1.29, 1.82) is 0 Å². The summed E-state index contributed by atoms with van der Waals surface area (Å²) in [6.07, 6.45) is 3.28. The summed E-state index contributed by atoms with van der Waals surface area (Å²) in [5.74, 6) is 1.53. The van der Waals surface area contributed by atoms with Gasteiger partial charge in [-0.15, -0.1) is 0 Å². The zero-order valence-electron chi connectivity index (χ0n) is 15.1. The molecule has 0 unspecified atom stereocenters. The first-order chi connectivity index (χ1) is 12.5. The Bertz CT molecular complexity index is 846. The molecule has 2 aromatic rings. The van der Waals surface area contributed by atoms with Gasteiger partial charge in [0.25, 0.3) is 0 Å². The average Bonchev–Trinajstić information content (AvgIpc) is 2.66. The molecule has 0 bridgehead atoms. The maximum atomic E-state index is 12.9. The molecule has 1 aromatic heterocycles. The molecule has 7 heteroatoms. The lowest BCUT2D eigenvalue weighted by Gasteiger charge is -2.31. The van der Waals surface area contributed by atoms with Crippen molar-refractivity contribution in [3.63, 3.8) is 0 Å². The SMILES string of the molecule is COc1ccccc1S(=O)(=O)N1CCC(COc2ccnc(C)c2)CC1. The van der Waals surface area contributed by atoms with Crippen molar-refractivity contribution in [3.05, 3.63) is 48.3 Å². The summed E-state index contributed by atoms with van der Waals surface area (Å²) in [6.45, 7) is 3.49. The topological polar surface area (TPSA) is 68.7 Å². The van der Waals surface area contributed by atoms with Crippen LogP contribution >= 0.6 is 0 Å². The number of hydrogen-bond acceptors (Lipinski definition) is 5. The van der Waals surface area contributed by atoms with E-state index >= 15 is 0 Å². The van der Waals surface area contributed by atoms with E-state index in [0.717, 1.165) is 24.3 Å². The van der Waals surface area contributed by atoms with Crippen LogP contribution in [0.4, 0.5) is 0 Å². The molecule has 0 radical (unpaired) electrons. The molecule has 1 saturated heterocycles. The van der Waals surface area contributed by atoms with Gasteiger partial charge >= 0.3 is 0 Å². The number of para-hydroxylation sites is 1. The molecule has 0 aliphatic carbocycles. The third-order valence-electron chi connectivity index (χ3n) is 4.61. The zero-order chi connectivity index (χ0) is 18.6. The van der Waals surface area contributed by atoms with Gasteiger partial charge < -0.3 is 9.47 Å². The van der Waals surface area contributed by atoms with Gasteiger partial charge in [0.1, 0.15) is 16.4 Å². The lowest BCUT2D eigenvalue weighted by molar-refractivity contribution is 0.185. The molecule has 1 aliphatic heterocycles. The summed E-state index contributed by atoms with van der Waals surface area (Å²) in [5.41, 5.74) is 0.917. The second-order valence-corrected chi connectivity index (χ2v) is 8.35. The van der Waals surface area contributed by atoms with Crippen molar-refractivity contribution in [2.24, 2.45) is 5.92 Å². The standard InChI is InChI=1S/C19H24N2O4S/c1-15-13-17(7-10-20-15)25-14-16-8-11-21(12-9-16)26(22,23)19-6-4-3-5-18(19)24-2/h3-7,10,13,16H,8-9,11-12,14H2,1-2H3. The highest BCUT2D eigenvalue weighted by atomic mass is 32.2. The first-order valence-corrected chi connectivity index (χ1v) is 10.1. The number of sulfonamides is 1. The number of aromatic nitrogens is 1. The number of methoxy groups -OCH3 is 1. The van der Waals surface area contributed by atoms with Gasteiger partial charge in [0, 0.05) is 31.0 Å². The summed E-state index contributed by atoms with van der Waals surface area (Å²) in [4.78, 5) is 4.38. The van der Waals surface area contributed by atoms with Gasteiger partial charge in [0.2, 0.25) is 10.0 Å². The Kier molecular flexibility index (Phi) is 5.78. The van der Waals surface area contributed by atoms with E-state index in [2.05, 4.69) is 4.98 Å². The monoisotopic (exact) mass is 376 g/mol. The Morgan fingerprint density at radius 2 is 1.92 bits per heavy atom. The average molecular weight is 376 g/mol. The molecular formula is C19H24N2O4S. The Balaban J connectivity index is 1.59. The molecule has 0 amide bonds. The molecule has 0 spiro atoms. The first kappa shape index (κ1) is 18.7. The van der Waals surface area contributed by atoms with Crippen LogP contribution in [0.2, 0.25) is 0 Å². The predicted molar refractivity (Wildman–Crippen MR) is 98.9 cm³/mol. The van der Waals surface area contributed by atoms with E-state index in [1.165, 1.54) is 11.4 Å². The Labute approximate surface area is 154 Å². The third-order valence-corrected chi connectivity index (χ3v) is 6.55. The molecular weight excluding hydrogens is 352 g/mol. The Hall–Kier alpha value is -2.12. The van der Waals surface area contributed by atoms with Crippen LogP contribution in [0.3, 0.4) is 0 Å². The van der Waals surface area contributed by atoms with Gasteiger partial charge in [-0.05, 0) is 43.9 Å². The van der Waals surface area contributed by atoms with Crippen molar-refractivity contribution in [2.75, 3.05) is 26.8 Å². The van der Waals surface area contributed by atoms with Crippen LogP contribution in [0, 0.1) is 12.8 Å². The number of nitrogens with zero attached hydrogens (tertiary/aromatic N) is 2. The van der Waals surface area contributed by atoms with E-state index in [4.69, 9.17) is 9.47 Å². The van der Waals surface area contributed by atoms with Crippen LogP contribution in [0.15, 0.2) is 47.5 Å². The van der Waals surface area contributed by atoms with Crippen molar-refractivity contribution >= 4 is 10.0 Å². The third kappa shape index (κ3) is 4.16. The second kappa shape index (κ2) is 8.05. The summed E-state index contributed by atoms with van der Waals surface area (Å²) < 4.78 is 38.4. The zero-order valence-corrected chi connectivity index (χ0v) is 15.9. The first-order valence-electron chi connectivity index (χ1n) is 8.69. The van der Waals surface area contributed by atoms with Gasteiger partial charge in [0.15, 0.2) is 0 Å². The van der Waals surface area contributed by atoms with Crippen LogP contribution < -0.4 is 9.47 Å². The number of rotatable bonds is 6. The minimum absolute atomic E-state index is 0.226. The van der Waals surface area contributed by atoms with Crippen LogP contribution in [-0.4, -0.2) is 44.5 Å². The number of pyridine rings is 1. The number of aryl methyl sites for hydroxylation is 1. The summed E-state index contributed by atoms with van der Waals surface area (Å²) >= 11 is 0. The summed E-state index contributed by atoms with van der Waals surface area (Å²) in [7, 11) is -2.06. The van der Waals surface area contributed by atoms with Crippen LogP contribution in [0.1, 0.15) is 18.5 Å². The molecule has 1 fully saturated rings. The van der Waals surface area contributed by atoms with Crippen molar-refractivity contribution in [1.82, 2.24) is 9.29 Å². The molecule has 2 heterocycles. The van der Waals surface area contributed by atoms with E-state index in [1.807, 2.05) is 19.1 Å². The van der Waals surface area contributed by atoms with Gasteiger partial charge in [-0.3, -0.25) is 4.98 Å². The minimum Gasteiger partial charge on any atom is -0.495 e. The quantitative estimate of drug-likeness (QED) is 0.775. The molecule has 0 N–H and O–H groups in total. The van der Waals surface area contributed by atoms with E-state index in [0.29, 0.717) is 31.4 Å². The fourth-order valence-corrected chi connectivity index (χ4v) is 4.74. The fourth-order valence-electron chi connectivity index (χ4n) is 3.11. The number of hydrogen-bond donors (Lipinski definition) is 0. The number of piperidine rings is 1. The van der Waals surface area contributed by atoms with Gasteiger partial charge in [-0.25, -0.2) is 8.42 Å². The van der Waals surface area contributed by atoms with Crippen LogP contribution in [0.25, 0.3) is 0 Å². The summed E-state index contributed by atoms with van der Waals surface area (Å²) in [5, 5.41) is 0. The molecule has 3 rings (SSSR count). The number of ether oxygens (including phenoxy) is 2. The van der Waals surface area contributed by atoms with E-state index < -0.39 is 10.0 Å². The lowest BCUT2D eigenvalue weighted by Crippen LogP contribution is -2.39. The van der Waals surface area contributed by atoms with Gasteiger partial charge in [-0.1, -0.05) is 12.1 Å².